The van der Waals surface area contributed by atoms with Crippen molar-refractivity contribution in [2.45, 2.75) is 58.2 Å². The third-order valence-electron chi connectivity index (χ3n) is 4.86. The second-order valence-electron chi connectivity index (χ2n) is 6.44. The number of piperidine rings is 1. The van der Waals surface area contributed by atoms with Gasteiger partial charge in [-0.1, -0.05) is 18.5 Å². The van der Waals surface area contributed by atoms with Crippen molar-refractivity contribution in [1.82, 2.24) is 20.3 Å². The van der Waals surface area contributed by atoms with Crippen LogP contribution in [-0.2, 0) is 13.0 Å². The Morgan fingerprint density at radius 1 is 1.45 bits per heavy atom. The lowest BCUT2D eigenvalue weighted by Crippen LogP contribution is -2.64. The lowest BCUT2D eigenvalue weighted by molar-refractivity contribution is 0.0168. The first kappa shape index (κ1) is 15.3. The summed E-state index contributed by atoms with van der Waals surface area (Å²) < 4.78 is 5.18. The summed E-state index contributed by atoms with van der Waals surface area (Å²) in [4.78, 5) is 16.6. The Morgan fingerprint density at radius 2 is 2.27 bits per heavy atom. The van der Waals surface area contributed by atoms with Crippen molar-refractivity contribution in [3.8, 4) is 0 Å². The van der Waals surface area contributed by atoms with Crippen molar-refractivity contribution in [2.24, 2.45) is 0 Å². The highest BCUT2D eigenvalue weighted by Crippen LogP contribution is 2.24. The molecule has 2 saturated heterocycles. The fourth-order valence-corrected chi connectivity index (χ4v) is 3.37. The Hall–Kier alpha value is -1.56. The molecule has 122 valence electrons. The van der Waals surface area contributed by atoms with E-state index < -0.39 is 0 Å². The smallest absolute Gasteiger partial charge is 0.317 e. The van der Waals surface area contributed by atoms with E-state index in [4.69, 9.17) is 4.52 Å². The summed E-state index contributed by atoms with van der Waals surface area (Å²) in [6.07, 6.45) is 4.76. The van der Waals surface area contributed by atoms with Crippen molar-refractivity contribution in [3.05, 3.63) is 17.5 Å². The molecule has 0 saturated carbocycles. The predicted octanol–water partition coefficient (Wildman–Crippen LogP) is 2.01. The molecule has 0 spiro atoms. The molecular formula is C16H26N4O2. The largest absolute Gasteiger partial charge is 0.359 e. The van der Waals surface area contributed by atoms with E-state index in [0.717, 1.165) is 25.2 Å². The fraction of sp³-hybridized carbons (Fsp3) is 0.750. The number of nitrogens with one attached hydrogen (secondary N) is 1. The summed E-state index contributed by atoms with van der Waals surface area (Å²) in [5.41, 5.74) is 0.923. The number of nitrogens with zero attached hydrogens (tertiary/aromatic N) is 3. The van der Waals surface area contributed by atoms with Gasteiger partial charge in [0.05, 0.1) is 12.2 Å². The minimum atomic E-state index is -0.00430. The maximum absolute atomic E-state index is 12.1. The number of hydrogen-bond acceptors (Lipinski definition) is 4. The van der Waals surface area contributed by atoms with Gasteiger partial charge in [0.25, 0.3) is 0 Å². The minimum Gasteiger partial charge on any atom is -0.359 e. The quantitative estimate of drug-likeness (QED) is 0.924. The van der Waals surface area contributed by atoms with Crippen molar-refractivity contribution in [1.29, 1.82) is 0 Å². The molecule has 2 fully saturated rings. The topological polar surface area (TPSA) is 61.6 Å². The fourth-order valence-electron chi connectivity index (χ4n) is 3.37. The second kappa shape index (κ2) is 6.69. The molecule has 2 amide bonds. The molecular weight excluding hydrogens is 280 g/mol. The first-order chi connectivity index (χ1) is 10.7. The van der Waals surface area contributed by atoms with E-state index in [1.807, 2.05) is 17.9 Å². The van der Waals surface area contributed by atoms with E-state index in [0.29, 0.717) is 24.4 Å². The molecule has 1 aromatic heterocycles. The Bertz CT molecular complexity index is 510. The molecule has 1 aromatic rings. The van der Waals surface area contributed by atoms with Crippen molar-refractivity contribution in [3.63, 3.8) is 0 Å². The number of hydrogen-bond donors (Lipinski definition) is 1. The molecule has 1 atom stereocenters. The number of carbonyl (C=O) groups excluding carboxylic acids is 1. The number of likely N-dealkylation sites (tertiary alicyclic amines) is 2. The van der Waals surface area contributed by atoms with E-state index in [1.165, 1.54) is 25.8 Å². The normalized spacial score (nSPS) is 23.4. The Balaban J connectivity index is 1.41. The lowest BCUT2D eigenvalue weighted by Gasteiger charge is -2.49. The third kappa shape index (κ3) is 3.27. The van der Waals surface area contributed by atoms with Gasteiger partial charge in [0, 0.05) is 31.2 Å². The molecule has 0 bridgehead atoms. The van der Waals surface area contributed by atoms with E-state index in [9.17, 15) is 4.79 Å². The average molecular weight is 306 g/mol. The number of rotatable bonds is 4. The number of urea groups is 1. The van der Waals surface area contributed by atoms with E-state index in [1.54, 1.807) is 0 Å². The molecule has 0 aliphatic carbocycles. The first-order valence-electron chi connectivity index (χ1n) is 8.40. The molecule has 1 unspecified atom stereocenters. The monoisotopic (exact) mass is 306 g/mol. The summed E-state index contributed by atoms with van der Waals surface area (Å²) in [6, 6.07) is 3.09. The Kier molecular flexibility index (Phi) is 4.66. The highest BCUT2D eigenvalue weighted by molar-refractivity contribution is 5.75. The minimum absolute atomic E-state index is 0.00430. The summed E-state index contributed by atoms with van der Waals surface area (Å²) >= 11 is 0. The van der Waals surface area contributed by atoms with Crippen LogP contribution < -0.4 is 5.32 Å². The van der Waals surface area contributed by atoms with Gasteiger partial charge in [0.1, 0.15) is 0 Å². The van der Waals surface area contributed by atoms with Gasteiger partial charge in [-0.15, -0.1) is 0 Å². The van der Waals surface area contributed by atoms with Gasteiger partial charge < -0.3 is 14.7 Å². The Morgan fingerprint density at radius 3 is 2.95 bits per heavy atom. The van der Waals surface area contributed by atoms with Crippen LogP contribution in [0.25, 0.3) is 0 Å². The van der Waals surface area contributed by atoms with Crippen LogP contribution in [0.1, 0.15) is 44.6 Å². The summed E-state index contributed by atoms with van der Waals surface area (Å²) in [6.45, 7) is 7.60. The van der Waals surface area contributed by atoms with Gasteiger partial charge in [-0.3, -0.25) is 4.90 Å². The van der Waals surface area contributed by atoms with Gasteiger partial charge in [0.2, 0.25) is 0 Å². The van der Waals surface area contributed by atoms with E-state index >= 15 is 0 Å². The lowest BCUT2D eigenvalue weighted by atomic mass is 9.98. The average Bonchev–Trinajstić information content (AvgIpc) is 2.93. The number of amides is 2. The van der Waals surface area contributed by atoms with Crippen LogP contribution in [-0.4, -0.2) is 52.7 Å². The molecule has 6 nitrogen and oxygen atoms in total. The number of aryl methyl sites for hydroxylation is 1. The number of carbonyl (C=O) groups is 1. The van der Waals surface area contributed by atoms with Gasteiger partial charge in [-0.05, 0) is 32.7 Å². The highest BCUT2D eigenvalue weighted by Gasteiger charge is 2.37. The molecule has 0 radical (unpaired) electrons. The van der Waals surface area contributed by atoms with E-state index in [2.05, 4.69) is 22.3 Å². The summed E-state index contributed by atoms with van der Waals surface area (Å²) in [5, 5.41) is 6.83. The summed E-state index contributed by atoms with van der Waals surface area (Å²) in [5.74, 6) is 0.715. The van der Waals surface area contributed by atoms with Crippen LogP contribution in [0.3, 0.4) is 0 Å². The highest BCUT2D eigenvalue weighted by atomic mass is 16.5. The third-order valence-corrected chi connectivity index (χ3v) is 4.86. The maximum Gasteiger partial charge on any atom is 0.317 e. The maximum atomic E-state index is 12.1. The van der Waals surface area contributed by atoms with Gasteiger partial charge in [0.15, 0.2) is 5.76 Å². The standard InChI is InChI=1S/C16H26N4O2/c1-3-13-8-15(22-18-13)9-17-16(21)19-10-14(11-19)20-7-5-4-6-12(20)2/h8,12,14H,3-7,9-11H2,1-2H3,(H,17,21). The zero-order valence-electron chi connectivity index (χ0n) is 13.5. The van der Waals surface area contributed by atoms with Crippen molar-refractivity contribution < 1.29 is 9.32 Å². The van der Waals surface area contributed by atoms with Gasteiger partial charge in [-0.2, -0.15) is 0 Å². The zero-order chi connectivity index (χ0) is 15.5. The molecule has 2 aliphatic rings. The van der Waals surface area contributed by atoms with Crippen molar-refractivity contribution in [2.75, 3.05) is 19.6 Å². The molecule has 22 heavy (non-hydrogen) atoms. The van der Waals surface area contributed by atoms with Crippen molar-refractivity contribution >= 4 is 6.03 Å². The predicted molar refractivity (Wildman–Crippen MR) is 83.5 cm³/mol. The van der Waals surface area contributed by atoms with E-state index in [-0.39, 0.29) is 6.03 Å². The van der Waals surface area contributed by atoms with Crippen LogP contribution >= 0.6 is 0 Å². The summed E-state index contributed by atoms with van der Waals surface area (Å²) in [7, 11) is 0. The number of aromatic nitrogens is 1. The molecule has 2 aliphatic heterocycles. The molecule has 1 N–H and O–H groups in total. The molecule has 6 heteroatoms. The molecule has 0 aromatic carbocycles. The SMILES string of the molecule is CCc1cc(CNC(=O)N2CC(N3CCCCC3C)C2)on1. The van der Waals surface area contributed by atoms with Crippen LogP contribution in [0.5, 0.6) is 0 Å². The first-order valence-corrected chi connectivity index (χ1v) is 8.40. The van der Waals surface area contributed by atoms with Crippen LogP contribution in [0.15, 0.2) is 10.6 Å². The zero-order valence-corrected chi connectivity index (χ0v) is 13.5. The molecule has 3 rings (SSSR count). The van der Waals surface area contributed by atoms with Crippen LogP contribution in [0.2, 0.25) is 0 Å². The second-order valence-corrected chi connectivity index (χ2v) is 6.44. The van der Waals surface area contributed by atoms with Gasteiger partial charge >= 0.3 is 6.03 Å². The van der Waals surface area contributed by atoms with Crippen LogP contribution in [0.4, 0.5) is 4.79 Å². The molecule has 3 heterocycles. The van der Waals surface area contributed by atoms with Crippen LogP contribution in [0, 0.1) is 0 Å². The van der Waals surface area contributed by atoms with Gasteiger partial charge in [-0.25, -0.2) is 4.79 Å². The Labute approximate surface area is 131 Å².